The van der Waals surface area contributed by atoms with Gasteiger partial charge in [0, 0.05) is 7.05 Å². The summed E-state index contributed by atoms with van der Waals surface area (Å²) in [5, 5.41) is 29.9. The molecule has 3 heterocycles. The Hall–Kier alpha value is -1.46. The summed E-state index contributed by atoms with van der Waals surface area (Å²) in [5.41, 5.74) is 0.107. The molecule has 0 radical (unpaired) electrons. The normalized spacial score (nSPS) is 29.1. The van der Waals surface area contributed by atoms with Crippen molar-refractivity contribution in [2.45, 2.75) is 29.7 Å². The summed E-state index contributed by atoms with van der Waals surface area (Å²) < 4.78 is 8.17. The van der Waals surface area contributed by atoms with Gasteiger partial charge in [0.2, 0.25) is 0 Å². The van der Waals surface area contributed by atoms with E-state index in [-0.39, 0.29) is 23.3 Å². The first-order valence-corrected chi connectivity index (χ1v) is 7.81. The SMILES string of the molecule is CSc1nc2c(ncn2[C@H]2OC[C@@H](O)[C@@H](O)[C@@H]2O)c(=O)n1C. The molecule has 0 amide bonds. The quantitative estimate of drug-likeness (QED) is 0.448. The lowest BCUT2D eigenvalue weighted by molar-refractivity contribution is -0.210. The van der Waals surface area contributed by atoms with Gasteiger partial charge in [-0.05, 0) is 6.26 Å². The molecule has 1 aliphatic heterocycles. The second kappa shape index (κ2) is 5.63. The maximum absolute atomic E-state index is 12.2. The van der Waals surface area contributed by atoms with Gasteiger partial charge in [-0.1, -0.05) is 11.8 Å². The van der Waals surface area contributed by atoms with E-state index in [0.717, 1.165) is 0 Å². The van der Waals surface area contributed by atoms with Crippen LogP contribution in [0, 0.1) is 0 Å². The first-order chi connectivity index (χ1) is 10.5. The summed E-state index contributed by atoms with van der Waals surface area (Å²) in [4.78, 5) is 20.6. The van der Waals surface area contributed by atoms with Crippen molar-refractivity contribution in [1.29, 1.82) is 0 Å². The molecule has 2 aromatic rings. The van der Waals surface area contributed by atoms with E-state index in [2.05, 4.69) is 9.97 Å². The van der Waals surface area contributed by atoms with Gasteiger partial charge in [-0.15, -0.1) is 0 Å². The highest BCUT2D eigenvalue weighted by Crippen LogP contribution is 2.26. The predicted octanol–water partition coefficient (Wildman–Crippen LogP) is -1.54. The second-order valence-electron chi connectivity index (χ2n) is 5.06. The van der Waals surface area contributed by atoms with Crippen molar-refractivity contribution in [3.05, 3.63) is 16.7 Å². The highest BCUT2D eigenvalue weighted by Gasteiger charge is 2.39. The molecule has 1 saturated heterocycles. The molecular formula is C12H16N4O5S. The first-order valence-electron chi connectivity index (χ1n) is 6.59. The number of aliphatic hydroxyl groups is 3. The van der Waals surface area contributed by atoms with Gasteiger partial charge >= 0.3 is 0 Å². The lowest BCUT2D eigenvalue weighted by Gasteiger charge is -2.35. The molecule has 0 aliphatic carbocycles. The molecule has 22 heavy (non-hydrogen) atoms. The molecule has 9 nitrogen and oxygen atoms in total. The maximum atomic E-state index is 12.2. The zero-order valence-electron chi connectivity index (χ0n) is 11.9. The molecule has 0 saturated carbocycles. The van der Waals surface area contributed by atoms with Crippen LogP contribution in [-0.4, -0.2) is 65.6 Å². The van der Waals surface area contributed by atoms with Crippen LogP contribution in [0.2, 0.25) is 0 Å². The Bertz CT molecular complexity index is 760. The Morgan fingerprint density at radius 2 is 2.09 bits per heavy atom. The third-order valence-corrected chi connectivity index (χ3v) is 4.42. The lowest BCUT2D eigenvalue weighted by atomic mass is 10.0. The van der Waals surface area contributed by atoms with Crippen molar-refractivity contribution in [3.8, 4) is 0 Å². The Labute approximate surface area is 129 Å². The van der Waals surface area contributed by atoms with Gasteiger partial charge < -0.3 is 20.1 Å². The summed E-state index contributed by atoms with van der Waals surface area (Å²) in [6, 6.07) is 0. The van der Waals surface area contributed by atoms with Crippen molar-refractivity contribution in [3.63, 3.8) is 0 Å². The van der Waals surface area contributed by atoms with E-state index in [0.29, 0.717) is 5.16 Å². The molecule has 3 N–H and O–H groups in total. The minimum atomic E-state index is -1.36. The van der Waals surface area contributed by atoms with Crippen LogP contribution in [0.3, 0.4) is 0 Å². The lowest BCUT2D eigenvalue weighted by Crippen LogP contribution is -2.50. The summed E-state index contributed by atoms with van der Waals surface area (Å²) in [5.74, 6) is 0. The standard InChI is InChI=1S/C12H16N4O5S/c1-15-10(20)6-9(14-12(15)22-2)16(4-13-6)11-8(19)7(18)5(17)3-21-11/h4-5,7-8,11,17-19H,3H2,1-2H3/t5-,7-,8+,11+/m1/s1. The number of hydrogen-bond donors (Lipinski definition) is 3. The summed E-state index contributed by atoms with van der Waals surface area (Å²) in [7, 11) is 1.60. The molecule has 3 rings (SSSR count). The molecule has 0 aromatic carbocycles. The minimum Gasteiger partial charge on any atom is -0.388 e. The minimum absolute atomic E-state index is 0.136. The van der Waals surface area contributed by atoms with Gasteiger partial charge in [0.15, 0.2) is 22.5 Å². The average molecular weight is 328 g/mol. The van der Waals surface area contributed by atoms with Crippen LogP contribution in [0.1, 0.15) is 6.23 Å². The van der Waals surface area contributed by atoms with E-state index in [4.69, 9.17) is 4.74 Å². The van der Waals surface area contributed by atoms with Gasteiger partial charge in [0.1, 0.15) is 18.3 Å². The predicted molar refractivity (Wildman–Crippen MR) is 77.6 cm³/mol. The van der Waals surface area contributed by atoms with Crippen LogP contribution >= 0.6 is 11.8 Å². The number of aliphatic hydroxyl groups excluding tert-OH is 3. The maximum Gasteiger partial charge on any atom is 0.282 e. The number of thioether (sulfide) groups is 1. The molecule has 1 aliphatic rings. The van der Waals surface area contributed by atoms with Crippen LogP contribution in [0.25, 0.3) is 11.2 Å². The number of hydrogen-bond acceptors (Lipinski definition) is 8. The van der Waals surface area contributed by atoms with E-state index < -0.39 is 24.5 Å². The van der Waals surface area contributed by atoms with Gasteiger partial charge in [0.25, 0.3) is 5.56 Å². The molecular weight excluding hydrogens is 312 g/mol. The van der Waals surface area contributed by atoms with E-state index in [1.54, 1.807) is 13.3 Å². The van der Waals surface area contributed by atoms with Crippen LogP contribution in [0.4, 0.5) is 0 Å². The van der Waals surface area contributed by atoms with E-state index in [1.165, 1.54) is 27.2 Å². The van der Waals surface area contributed by atoms with Crippen molar-refractivity contribution >= 4 is 22.9 Å². The van der Waals surface area contributed by atoms with Crippen LogP contribution in [-0.2, 0) is 11.8 Å². The number of rotatable bonds is 2. The van der Waals surface area contributed by atoms with E-state index in [9.17, 15) is 20.1 Å². The third-order valence-electron chi connectivity index (χ3n) is 3.69. The van der Waals surface area contributed by atoms with Crippen LogP contribution in [0.5, 0.6) is 0 Å². The average Bonchev–Trinajstić information content (AvgIpc) is 2.92. The molecule has 120 valence electrons. The number of imidazole rings is 1. The Morgan fingerprint density at radius 1 is 1.36 bits per heavy atom. The fourth-order valence-electron chi connectivity index (χ4n) is 2.43. The molecule has 4 atom stereocenters. The van der Waals surface area contributed by atoms with Gasteiger partial charge in [-0.3, -0.25) is 13.9 Å². The number of nitrogens with zero attached hydrogens (tertiary/aromatic N) is 4. The molecule has 0 bridgehead atoms. The topological polar surface area (TPSA) is 123 Å². The van der Waals surface area contributed by atoms with E-state index in [1.807, 2.05) is 0 Å². The van der Waals surface area contributed by atoms with Crippen LogP contribution < -0.4 is 5.56 Å². The monoisotopic (exact) mass is 328 g/mol. The number of fused-ring (bicyclic) bond motifs is 1. The molecule has 2 aromatic heterocycles. The molecule has 0 spiro atoms. The fraction of sp³-hybridized carbons (Fsp3) is 0.583. The molecule has 0 unspecified atom stereocenters. The summed E-state index contributed by atoms with van der Waals surface area (Å²) >= 11 is 1.30. The number of ether oxygens (including phenoxy) is 1. The zero-order valence-corrected chi connectivity index (χ0v) is 12.8. The fourth-order valence-corrected chi connectivity index (χ4v) is 2.97. The molecule has 1 fully saturated rings. The molecule has 10 heteroatoms. The van der Waals surface area contributed by atoms with Crippen LogP contribution in [0.15, 0.2) is 16.3 Å². The van der Waals surface area contributed by atoms with Crippen molar-refractivity contribution in [2.75, 3.05) is 12.9 Å². The highest BCUT2D eigenvalue weighted by atomic mass is 32.2. The van der Waals surface area contributed by atoms with Crippen molar-refractivity contribution in [1.82, 2.24) is 19.1 Å². The van der Waals surface area contributed by atoms with Gasteiger partial charge in [-0.25, -0.2) is 9.97 Å². The third kappa shape index (κ3) is 2.23. The largest absolute Gasteiger partial charge is 0.388 e. The smallest absolute Gasteiger partial charge is 0.282 e. The Kier molecular flexibility index (Phi) is 3.95. The Morgan fingerprint density at radius 3 is 2.77 bits per heavy atom. The first kappa shape index (κ1) is 15.4. The van der Waals surface area contributed by atoms with E-state index >= 15 is 0 Å². The van der Waals surface area contributed by atoms with Crippen molar-refractivity contribution in [2.24, 2.45) is 7.05 Å². The second-order valence-corrected chi connectivity index (χ2v) is 5.83. The van der Waals surface area contributed by atoms with Crippen molar-refractivity contribution < 1.29 is 20.1 Å². The Balaban J connectivity index is 2.12. The van der Waals surface area contributed by atoms with Gasteiger partial charge in [0.05, 0.1) is 12.9 Å². The van der Waals surface area contributed by atoms with Gasteiger partial charge in [-0.2, -0.15) is 0 Å². The zero-order chi connectivity index (χ0) is 16.0. The number of aromatic nitrogens is 4. The summed E-state index contributed by atoms with van der Waals surface area (Å²) in [6.07, 6.45) is -1.71. The summed E-state index contributed by atoms with van der Waals surface area (Å²) in [6.45, 7) is -0.136. The highest BCUT2D eigenvalue weighted by molar-refractivity contribution is 7.98.